The average Bonchev–Trinajstić information content (AvgIpc) is 2.97. The lowest BCUT2D eigenvalue weighted by molar-refractivity contribution is -0.119. The van der Waals surface area contributed by atoms with Crippen LogP contribution in [0.1, 0.15) is 11.1 Å². The summed E-state index contributed by atoms with van der Waals surface area (Å²) in [7, 11) is -4.01. The number of aryl methyl sites for hydroxylation is 1. The molecule has 9 nitrogen and oxygen atoms in total. The minimum atomic E-state index is -4.01. The van der Waals surface area contributed by atoms with Crippen molar-refractivity contribution >= 4 is 51.0 Å². The molecule has 11 heteroatoms. The van der Waals surface area contributed by atoms with Gasteiger partial charge in [0.15, 0.2) is 6.61 Å². The van der Waals surface area contributed by atoms with E-state index in [0.29, 0.717) is 33.3 Å². The molecule has 4 aromatic rings. The maximum absolute atomic E-state index is 13.4. The van der Waals surface area contributed by atoms with Gasteiger partial charge < -0.3 is 10.1 Å². The van der Waals surface area contributed by atoms with Crippen molar-refractivity contribution in [2.45, 2.75) is 11.8 Å². The van der Waals surface area contributed by atoms with E-state index in [9.17, 15) is 18.0 Å². The molecule has 4 rings (SSSR count). The van der Waals surface area contributed by atoms with Crippen LogP contribution in [-0.2, 0) is 19.6 Å². The molecule has 0 aromatic heterocycles. The lowest BCUT2D eigenvalue weighted by Gasteiger charge is -2.25. The number of nitrogens with one attached hydrogen (secondary N) is 2. The maximum atomic E-state index is 13.4. The van der Waals surface area contributed by atoms with Crippen LogP contribution in [0.3, 0.4) is 0 Å². The van der Waals surface area contributed by atoms with Gasteiger partial charge in [0.1, 0.15) is 12.3 Å². The number of sulfonamides is 1. The minimum Gasteiger partial charge on any atom is -0.484 e. The summed E-state index contributed by atoms with van der Waals surface area (Å²) < 4.78 is 33.4. The summed E-state index contributed by atoms with van der Waals surface area (Å²) >= 11 is 6.05. The first-order valence-electron chi connectivity index (χ1n) is 12.5. The molecule has 0 radical (unpaired) electrons. The number of para-hydroxylation sites is 2. The molecule has 0 heterocycles. The number of carbonyl (C=O) groups excluding carboxylic acids is 2. The van der Waals surface area contributed by atoms with Gasteiger partial charge in [-0.2, -0.15) is 5.10 Å². The second-order valence-electron chi connectivity index (χ2n) is 8.79. The fraction of sp³-hybridized carbons (Fsp3) is 0.100. The summed E-state index contributed by atoms with van der Waals surface area (Å²) in [6.45, 7) is 1.10. The van der Waals surface area contributed by atoms with Crippen LogP contribution in [-0.4, -0.2) is 39.6 Å². The van der Waals surface area contributed by atoms with Gasteiger partial charge in [-0.25, -0.2) is 13.8 Å². The zero-order valence-electron chi connectivity index (χ0n) is 22.0. The number of amides is 2. The fourth-order valence-corrected chi connectivity index (χ4v) is 5.44. The Kier molecular flexibility index (Phi) is 9.73. The van der Waals surface area contributed by atoms with Crippen LogP contribution in [0, 0.1) is 6.92 Å². The van der Waals surface area contributed by atoms with Crippen LogP contribution < -0.4 is 19.8 Å². The van der Waals surface area contributed by atoms with Crippen LogP contribution in [0.25, 0.3) is 0 Å². The number of hydrazone groups is 1. The van der Waals surface area contributed by atoms with Gasteiger partial charge in [-0.05, 0) is 72.6 Å². The average molecular weight is 591 g/mol. The number of hydrogen-bond donors (Lipinski definition) is 2. The number of carbonyl (C=O) groups is 2. The summed E-state index contributed by atoms with van der Waals surface area (Å²) in [6.07, 6.45) is 1.41. The summed E-state index contributed by atoms with van der Waals surface area (Å²) in [5.74, 6) is -0.519. The number of anilines is 2. The Hall–Kier alpha value is -4.67. The minimum absolute atomic E-state index is 0.0724. The first kappa shape index (κ1) is 29.3. The molecule has 2 amide bonds. The van der Waals surface area contributed by atoms with Crippen molar-refractivity contribution in [3.8, 4) is 5.75 Å². The van der Waals surface area contributed by atoms with E-state index >= 15 is 0 Å². The van der Waals surface area contributed by atoms with Gasteiger partial charge in [0.2, 0.25) is 0 Å². The quantitative estimate of drug-likeness (QED) is 0.188. The Morgan fingerprint density at radius 1 is 0.878 bits per heavy atom. The van der Waals surface area contributed by atoms with E-state index in [1.54, 1.807) is 97.9 Å². The van der Waals surface area contributed by atoms with Crippen molar-refractivity contribution in [2.24, 2.45) is 5.10 Å². The Bertz CT molecular complexity index is 1650. The predicted molar refractivity (Wildman–Crippen MR) is 160 cm³/mol. The molecule has 0 aliphatic rings. The second kappa shape index (κ2) is 13.6. The molecule has 0 bridgehead atoms. The maximum Gasteiger partial charge on any atom is 0.264 e. The lowest BCUT2D eigenvalue weighted by Crippen LogP contribution is -2.40. The molecule has 0 saturated heterocycles. The van der Waals surface area contributed by atoms with Crippen LogP contribution in [0.15, 0.2) is 113 Å². The molecule has 0 fully saturated rings. The van der Waals surface area contributed by atoms with Gasteiger partial charge in [0.05, 0.1) is 27.5 Å². The molecule has 0 aliphatic heterocycles. The highest BCUT2D eigenvalue weighted by Gasteiger charge is 2.28. The molecular weight excluding hydrogens is 564 g/mol. The van der Waals surface area contributed by atoms with Crippen molar-refractivity contribution in [1.82, 2.24) is 5.43 Å². The first-order valence-corrected chi connectivity index (χ1v) is 14.3. The summed E-state index contributed by atoms with van der Waals surface area (Å²) in [5, 5.41) is 7.07. The molecule has 0 unspecified atom stereocenters. The number of halogens is 1. The van der Waals surface area contributed by atoms with Gasteiger partial charge in [0.25, 0.3) is 21.8 Å². The Balaban J connectivity index is 1.35. The monoisotopic (exact) mass is 590 g/mol. The van der Waals surface area contributed by atoms with Gasteiger partial charge in [-0.15, -0.1) is 0 Å². The summed E-state index contributed by atoms with van der Waals surface area (Å²) in [6, 6.07) is 28.4. The third kappa shape index (κ3) is 7.93. The summed E-state index contributed by atoms with van der Waals surface area (Å²) in [5.41, 5.74) is 4.62. The Morgan fingerprint density at radius 3 is 2.24 bits per heavy atom. The zero-order chi connectivity index (χ0) is 29.2. The van der Waals surface area contributed by atoms with E-state index in [0.717, 1.165) is 4.31 Å². The third-order valence-electron chi connectivity index (χ3n) is 5.80. The lowest BCUT2D eigenvalue weighted by atomic mass is 10.2. The van der Waals surface area contributed by atoms with Gasteiger partial charge in [-0.1, -0.05) is 60.1 Å². The van der Waals surface area contributed by atoms with Crippen molar-refractivity contribution in [3.05, 3.63) is 119 Å². The van der Waals surface area contributed by atoms with Gasteiger partial charge >= 0.3 is 0 Å². The van der Waals surface area contributed by atoms with Crippen LogP contribution in [0.2, 0.25) is 5.02 Å². The standard InChI is InChI=1S/C30H27ClN4O5S/c1-22-9-5-8-14-28(22)35(41(38,39)25-10-3-2-4-11-25)20-29(36)34-32-19-23-15-17-24(18-16-23)40-21-30(37)33-27-13-7-6-12-26(27)31/h2-19H,20-21H2,1H3,(H,33,37)(H,34,36)/b32-19-. The number of benzene rings is 4. The first-order chi connectivity index (χ1) is 19.7. The number of rotatable bonds is 11. The normalized spacial score (nSPS) is 11.2. The molecule has 0 saturated carbocycles. The number of ether oxygens (including phenoxy) is 1. The topological polar surface area (TPSA) is 117 Å². The summed E-state index contributed by atoms with van der Waals surface area (Å²) in [4.78, 5) is 25.0. The zero-order valence-corrected chi connectivity index (χ0v) is 23.6. The molecule has 2 N–H and O–H groups in total. The van der Waals surface area contributed by atoms with Crippen LogP contribution in [0.4, 0.5) is 11.4 Å². The van der Waals surface area contributed by atoms with E-state index in [1.807, 2.05) is 0 Å². The van der Waals surface area contributed by atoms with Gasteiger partial charge in [-0.3, -0.25) is 13.9 Å². The van der Waals surface area contributed by atoms with Crippen molar-refractivity contribution < 1.29 is 22.7 Å². The molecule has 0 aliphatic carbocycles. The highest BCUT2D eigenvalue weighted by atomic mass is 35.5. The Morgan fingerprint density at radius 2 is 1.54 bits per heavy atom. The molecule has 0 atom stereocenters. The number of nitrogens with zero attached hydrogens (tertiary/aromatic N) is 2. The van der Waals surface area contributed by atoms with E-state index in [2.05, 4.69) is 15.8 Å². The second-order valence-corrected chi connectivity index (χ2v) is 11.1. The van der Waals surface area contributed by atoms with E-state index in [1.165, 1.54) is 18.3 Å². The van der Waals surface area contributed by atoms with E-state index in [4.69, 9.17) is 16.3 Å². The fourth-order valence-electron chi connectivity index (χ4n) is 3.76. The van der Waals surface area contributed by atoms with Crippen molar-refractivity contribution in [3.63, 3.8) is 0 Å². The molecule has 4 aromatic carbocycles. The highest BCUT2D eigenvalue weighted by Crippen LogP contribution is 2.26. The molecule has 0 spiro atoms. The van der Waals surface area contributed by atoms with Crippen molar-refractivity contribution in [1.29, 1.82) is 0 Å². The third-order valence-corrected chi connectivity index (χ3v) is 7.91. The highest BCUT2D eigenvalue weighted by molar-refractivity contribution is 7.92. The predicted octanol–water partition coefficient (Wildman–Crippen LogP) is 5.01. The largest absolute Gasteiger partial charge is 0.484 e. The van der Waals surface area contributed by atoms with Crippen LogP contribution >= 0.6 is 11.6 Å². The number of hydrogen-bond acceptors (Lipinski definition) is 6. The van der Waals surface area contributed by atoms with E-state index in [-0.39, 0.29) is 17.4 Å². The molecule has 41 heavy (non-hydrogen) atoms. The smallest absolute Gasteiger partial charge is 0.264 e. The molecular formula is C30H27ClN4O5S. The Labute approximate surface area is 243 Å². The van der Waals surface area contributed by atoms with E-state index < -0.39 is 22.5 Å². The van der Waals surface area contributed by atoms with Gasteiger partial charge in [0, 0.05) is 0 Å². The van der Waals surface area contributed by atoms with Crippen LogP contribution in [0.5, 0.6) is 5.75 Å². The molecule has 210 valence electrons. The SMILES string of the molecule is Cc1ccccc1N(CC(=O)N/N=C\c1ccc(OCC(=O)Nc2ccccc2Cl)cc1)S(=O)(=O)c1ccccc1. The van der Waals surface area contributed by atoms with Crippen molar-refractivity contribution in [2.75, 3.05) is 22.8 Å².